The van der Waals surface area contributed by atoms with Gasteiger partial charge in [0.05, 0.1) is 0 Å². The molecule has 0 unspecified atom stereocenters. The van der Waals surface area contributed by atoms with E-state index in [0.717, 1.165) is 18.3 Å². The normalized spacial score (nSPS) is 15.8. The summed E-state index contributed by atoms with van der Waals surface area (Å²) in [6.45, 7) is 3.22. The molecule has 1 aliphatic carbocycles. The Morgan fingerprint density at radius 1 is 1.43 bits per heavy atom. The van der Waals surface area contributed by atoms with E-state index in [1.807, 2.05) is 11.8 Å². The van der Waals surface area contributed by atoms with Crippen LogP contribution in [0.15, 0.2) is 29.2 Å². The van der Waals surface area contributed by atoms with Crippen LogP contribution in [0.5, 0.6) is 0 Å². The number of hydrogen-bond donors (Lipinski definition) is 1. The summed E-state index contributed by atoms with van der Waals surface area (Å²) in [5.74, 6) is 1.15. The van der Waals surface area contributed by atoms with E-state index >= 15 is 0 Å². The largest absolute Gasteiger partial charge is 0.310 e. The van der Waals surface area contributed by atoms with Crippen molar-refractivity contribution in [1.29, 1.82) is 0 Å². The van der Waals surface area contributed by atoms with Gasteiger partial charge in [-0.15, -0.1) is 11.8 Å². The summed E-state index contributed by atoms with van der Waals surface area (Å²) in [4.78, 5) is 1.39. The second kappa shape index (κ2) is 4.85. The molecule has 0 bridgehead atoms. The highest BCUT2D eigenvalue weighted by Gasteiger charge is 2.19. The summed E-state index contributed by atoms with van der Waals surface area (Å²) in [7, 11) is 0. The lowest BCUT2D eigenvalue weighted by Gasteiger charge is -2.05. The SMILES string of the molecule is CCSc1cccc(CNC2CC2)c1. The summed E-state index contributed by atoms with van der Waals surface area (Å²) in [6, 6.07) is 9.65. The van der Waals surface area contributed by atoms with Gasteiger partial charge in [-0.25, -0.2) is 0 Å². The van der Waals surface area contributed by atoms with Crippen molar-refractivity contribution in [1.82, 2.24) is 5.32 Å². The Labute approximate surface area is 90.3 Å². The first-order valence-electron chi connectivity index (χ1n) is 5.33. The van der Waals surface area contributed by atoms with Gasteiger partial charge in [0.25, 0.3) is 0 Å². The van der Waals surface area contributed by atoms with E-state index in [2.05, 4.69) is 36.5 Å². The van der Waals surface area contributed by atoms with E-state index < -0.39 is 0 Å². The third-order valence-electron chi connectivity index (χ3n) is 2.38. The number of thioether (sulfide) groups is 1. The summed E-state index contributed by atoms with van der Waals surface area (Å²) in [5.41, 5.74) is 1.41. The zero-order valence-corrected chi connectivity index (χ0v) is 9.44. The van der Waals surface area contributed by atoms with Crippen LogP contribution in [0.2, 0.25) is 0 Å². The molecule has 0 amide bonds. The number of hydrogen-bond acceptors (Lipinski definition) is 2. The Morgan fingerprint density at radius 3 is 3.00 bits per heavy atom. The van der Waals surface area contributed by atoms with Gasteiger partial charge in [0.2, 0.25) is 0 Å². The fraction of sp³-hybridized carbons (Fsp3) is 0.500. The monoisotopic (exact) mass is 207 g/mol. The first-order chi connectivity index (χ1) is 6.88. The molecule has 1 aromatic rings. The molecule has 2 heteroatoms. The highest BCUT2D eigenvalue weighted by atomic mass is 32.2. The van der Waals surface area contributed by atoms with Crippen molar-refractivity contribution in [3.63, 3.8) is 0 Å². The molecule has 0 radical (unpaired) electrons. The van der Waals surface area contributed by atoms with Crippen molar-refractivity contribution < 1.29 is 0 Å². The molecule has 0 atom stereocenters. The molecule has 1 fully saturated rings. The molecule has 1 aromatic carbocycles. The van der Waals surface area contributed by atoms with Crippen LogP contribution >= 0.6 is 11.8 Å². The summed E-state index contributed by atoms with van der Waals surface area (Å²) in [5, 5.41) is 3.53. The number of benzene rings is 1. The van der Waals surface area contributed by atoms with Crippen LogP contribution in [0.3, 0.4) is 0 Å². The van der Waals surface area contributed by atoms with Gasteiger partial charge in [-0.1, -0.05) is 19.1 Å². The molecule has 0 heterocycles. The van der Waals surface area contributed by atoms with Crippen LogP contribution in [-0.4, -0.2) is 11.8 Å². The van der Waals surface area contributed by atoms with Gasteiger partial charge in [-0.05, 0) is 36.3 Å². The van der Waals surface area contributed by atoms with Gasteiger partial charge in [0, 0.05) is 17.5 Å². The molecule has 2 rings (SSSR count). The molecule has 1 saturated carbocycles. The van der Waals surface area contributed by atoms with Crippen LogP contribution in [0.1, 0.15) is 25.3 Å². The molecule has 1 N–H and O–H groups in total. The smallest absolute Gasteiger partial charge is 0.0208 e. The molecule has 1 nitrogen and oxygen atoms in total. The van der Waals surface area contributed by atoms with Crippen LogP contribution in [-0.2, 0) is 6.54 Å². The van der Waals surface area contributed by atoms with E-state index in [-0.39, 0.29) is 0 Å². The molecule has 76 valence electrons. The molecular formula is C12H17NS. The highest BCUT2D eigenvalue weighted by molar-refractivity contribution is 7.99. The van der Waals surface area contributed by atoms with Crippen molar-refractivity contribution in [3.8, 4) is 0 Å². The lowest BCUT2D eigenvalue weighted by Crippen LogP contribution is -2.15. The van der Waals surface area contributed by atoms with Crippen LogP contribution in [0.4, 0.5) is 0 Å². The van der Waals surface area contributed by atoms with Gasteiger partial charge in [-0.3, -0.25) is 0 Å². The van der Waals surface area contributed by atoms with Gasteiger partial charge >= 0.3 is 0 Å². The minimum atomic E-state index is 0.803. The first kappa shape index (κ1) is 10.1. The van der Waals surface area contributed by atoms with Crippen molar-refractivity contribution in [2.45, 2.75) is 37.2 Å². The molecule has 1 aliphatic rings. The van der Waals surface area contributed by atoms with Gasteiger partial charge < -0.3 is 5.32 Å². The second-order valence-electron chi connectivity index (χ2n) is 3.74. The lowest BCUT2D eigenvalue weighted by molar-refractivity contribution is 0.687. The topological polar surface area (TPSA) is 12.0 Å². The molecule has 0 spiro atoms. The standard InChI is InChI=1S/C12H17NS/c1-2-14-12-5-3-4-10(8-12)9-13-11-6-7-11/h3-5,8,11,13H,2,6-7,9H2,1H3. The van der Waals surface area contributed by atoms with Gasteiger partial charge in [-0.2, -0.15) is 0 Å². The Bertz CT molecular complexity index is 294. The summed E-state index contributed by atoms with van der Waals surface area (Å²) < 4.78 is 0. The fourth-order valence-corrected chi connectivity index (χ4v) is 2.20. The number of rotatable bonds is 5. The molecule has 14 heavy (non-hydrogen) atoms. The van der Waals surface area contributed by atoms with E-state index in [1.165, 1.54) is 23.3 Å². The quantitative estimate of drug-likeness (QED) is 0.745. The lowest BCUT2D eigenvalue weighted by atomic mass is 10.2. The minimum Gasteiger partial charge on any atom is -0.310 e. The van der Waals surface area contributed by atoms with Crippen molar-refractivity contribution in [2.75, 3.05) is 5.75 Å². The Kier molecular flexibility index (Phi) is 3.49. The van der Waals surface area contributed by atoms with E-state index in [0.29, 0.717) is 0 Å². The minimum absolute atomic E-state index is 0.803. The fourth-order valence-electron chi connectivity index (χ4n) is 1.46. The average molecular weight is 207 g/mol. The van der Waals surface area contributed by atoms with Crippen LogP contribution in [0.25, 0.3) is 0 Å². The molecule has 0 saturated heterocycles. The third kappa shape index (κ3) is 3.03. The van der Waals surface area contributed by atoms with Crippen LogP contribution in [0, 0.1) is 0 Å². The van der Waals surface area contributed by atoms with E-state index in [9.17, 15) is 0 Å². The van der Waals surface area contributed by atoms with Crippen molar-refractivity contribution >= 4 is 11.8 Å². The van der Waals surface area contributed by atoms with Crippen molar-refractivity contribution in [3.05, 3.63) is 29.8 Å². The Balaban J connectivity index is 1.90. The first-order valence-corrected chi connectivity index (χ1v) is 6.32. The predicted octanol–water partition coefficient (Wildman–Crippen LogP) is 3.05. The molecule has 0 aliphatic heterocycles. The maximum absolute atomic E-state index is 3.53. The van der Waals surface area contributed by atoms with E-state index in [1.54, 1.807) is 0 Å². The average Bonchev–Trinajstić information content (AvgIpc) is 2.99. The summed E-state index contributed by atoms with van der Waals surface area (Å²) in [6.07, 6.45) is 2.73. The molecule has 0 aromatic heterocycles. The van der Waals surface area contributed by atoms with Gasteiger partial charge in [0.15, 0.2) is 0 Å². The maximum atomic E-state index is 3.53. The Morgan fingerprint density at radius 2 is 2.29 bits per heavy atom. The second-order valence-corrected chi connectivity index (χ2v) is 5.07. The zero-order valence-electron chi connectivity index (χ0n) is 8.62. The number of nitrogens with one attached hydrogen (secondary N) is 1. The third-order valence-corrected chi connectivity index (χ3v) is 3.26. The zero-order chi connectivity index (χ0) is 9.80. The van der Waals surface area contributed by atoms with Gasteiger partial charge in [0.1, 0.15) is 0 Å². The van der Waals surface area contributed by atoms with Crippen LogP contribution < -0.4 is 5.32 Å². The highest BCUT2D eigenvalue weighted by Crippen LogP contribution is 2.21. The van der Waals surface area contributed by atoms with E-state index in [4.69, 9.17) is 0 Å². The summed E-state index contributed by atoms with van der Waals surface area (Å²) >= 11 is 1.91. The predicted molar refractivity (Wildman–Crippen MR) is 62.7 cm³/mol. The Hall–Kier alpha value is -0.470. The maximum Gasteiger partial charge on any atom is 0.0208 e. The van der Waals surface area contributed by atoms with Crippen molar-refractivity contribution in [2.24, 2.45) is 0 Å². The molecular weight excluding hydrogens is 190 g/mol.